The van der Waals surface area contributed by atoms with Crippen LogP contribution in [-0.4, -0.2) is 35.5 Å². The lowest BCUT2D eigenvalue weighted by Crippen LogP contribution is -2.21. The summed E-state index contributed by atoms with van der Waals surface area (Å²) in [5.41, 5.74) is 1.59. The maximum Gasteiger partial charge on any atom is 0.282 e. The number of aromatic nitrogens is 2. The zero-order valence-electron chi connectivity index (χ0n) is 22.9. The van der Waals surface area contributed by atoms with Gasteiger partial charge in [0.1, 0.15) is 17.1 Å². The van der Waals surface area contributed by atoms with Gasteiger partial charge in [0.15, 0.2) is 12.4 Å². The summed E-state index contributed by atoms with van der Waals surface area (Å²) >= 11 is 15.7. The van der Waals surface area contributed by atoms with Gasteiger partial charge >= 0.3 is 0 Å². The van der Waals surface area contributed by atoms with Crippen LogP contribution in [0, 0.1) is 0 Å². The Hall–Kier alpha value is -4.64. The molecule has 6 rings (SSSR count). The van der Waals surface area contributed by atoms with Gasteiger partial charge in [-0.25, -0.2) is 4.98 Å². The lowest BCUT2D eigenvalue weighted by atomic mass is 10.2. The predicted molar refractivity (Wildman–Crippen MR) is 175 cm³/mol. The fourth-order valence-corrected chi connectivity index (χ4v) is 5.60. The van der Waals surface area contributed by atoms with Crippen LogP contribution in [0.2, 0.25) is 10.0 Å². The number of carbonyl (C=O) groups is 1. The van der Waals surface area contributed by atoms with Gasteiger partial charge in [0.05, 0.1) is 34.1 Å². The van der Waals surface area contributed by atoms with Crippen LogP contribution in [0.4, 0.5) is 5.69 Å². The Kier molecular flexibility index (Phi) is 8.38. The molecule has 0 fully saturated rings. The molecule has 0 aliphatic carbocycles. The molecule has 0 aliphatic heterocycles. The summed E-state index contributed by atoms with van der Waals surface area (Å²) < 4.78 is 19.1. The van der Waals surface area contributed by atoms with E-state index < -0.39 is 11.5 Å². The minimum absolute atomic E-state index is 0.175. The molecule has 0 bridgehead atoms. The zero-order valence-corrected chi connectivity index (χ0v) is 26.0. The molecule has 0 saturated heterocycles. The van der Waals surface area contributed by atoms with Crippen molar-refractivity contribution in [3.05, 3.63) is 115 Å². The molecule has 0 atom stereocenters. The Bertz CT molecular complexity index is 2130. The number of halogens is 3. The maximum absolute atomic E-state index is 13.7. The van der Waals surface area contributed by atoms with Crippen molar-refractivity contribution in [3.63, 3.8) is 0 Å². The van der Waals surface area contributed by atoms with Crippen molar-refractivity contribution in [2.75, 3.05) is 19.0 Å². The van der Waals surface area contributed by atoms with E-state index in [-0.39, 0.29) is 12.4 Å². The third-order valence-electron chi connectivity index (χ3n) is 6.54. The molecule has 6 aromatic rings. The van der Waals surface area contributed by atoms with Crippen molar-refractivity contribution in [1.82, 2.24) is 9.66 Å². The highest BCUT2D eigenvalue weighted by atomic mass is 79.9. The molecule has 2 heterocycles. The number of methoxy groups -OCH3 is 1. The van der Waals surface area contributed by atoms with E-state index in [2.05, 4.69) is 26.3 Å². The minimum atomic E-state index is -0.417. The van der Waals surface area contributed by atoms with E-state index in [0.717, 1.165) is 4.68 Å². The molecule has 1 N–H and O–H groups in total. The van der Waals surface area contributed by atoms with E-state index in [4.69, 9.17) is 42.1 Å². The van der Waals surface area contributed by atoms with Crippen molar-refractivity contribution in [1.29, 1.82) is 0 Å². The van der Waals surface area contributed by atoms with Gasteiger partial charge in [0.25, 0.3) is 11.5 Å². The standard InChI is InChI=1S/C32H21BrCl2N4O5/c1-42-26-7-4-8-27-23(26)15-28(44-27)31-38-25-6-3-2-5-22(25)32(41)39(31)36-16-18-13-20(35)14-24(33)30(18)43-17-29(40)37-21-11-9-19(34)10-12-21/h2-16H,17H2,1H3,(H,37,40). The normalized spacial score (nSPS) is 11.4. The Morgan fingerprint density at radius 1 is 1.02 bits per heavy atom. The van der Waals surface area contributed by atoms with Crippen molar-refractivity contribution >= 4 is 78.8 Å². The monoisotopic (exact) mass is 690 g/mol. The third-order valence-corrected chi connectivity index (χ3v) is 7.60. The second-order valence-corrected chi connectivity index (χ2v) is 11.2. The molecule has 4 aromatic carbocycles. The average Bonchev–Trinajstić information content (AvgIpc) is 3.46. The number of para-hydroxylation sites is 1. The first kappa shape index (κ1) is 29.4. The van der Waals surface area contributed by atoms with E-state index in [0.29, 0.717) is 64.9 Å². The molecule has 0 saturated carbocycles. The number of furan rings is 1. The van der Waals surface area contributed by atoms with E-state index >= 15 is 0 Å². The van der Waals surface area contributed by atoms with E-state index in [9.17, 15) is 9.59 Å². The second kappa shape index (κ2) is 12.5. The topological polar surface area (TPSA) is 108 Å². The molecule has 0 unspecified atom stereocenters. The first-order chi connectivity index (χ1) is 21.3. The van der Waals surface area contributed by atoms with Crippen LogP contribution in [-0.2, 0) is 4.79 Å². The van der Waals surface area contributed by atoms with Crippen LogP contribution in [0.3, 0.4) is 0 Å². The van der Waals surface area contributed by atoms with Gasteiger partial charge in [-0.05, 0) is 82.7 Å². The average molecular weight is 692 g/mol. The van der Waals surface area contributed by atoms with Gasteiger partial charge in [-0.1, -0.05) is 41.4 Å². The summed E-state index contributed by atoms with van der Waals surface area (Å²) in [7, 11) is 1.57. The number of carbonyl (C=O) groups excluding carboxylic acids is 1. The molecule has 0 spiro atoms. The van der Waals surface area contributed by atoms with Gasteiger partial charge in [-0.3, -0.25) is 9.59 Å². The minimum Gasteiger partial charge on any atom is -0.496 e. The first-order valence-corrected chi connectivity index (χ1v) is 14.7. The lowest BCUT2D eigenvalue weighted by Gasteiger charge is -2.12. The smallest absolute Gasteiger partial charge is 0.282 e. The molecule has 9 nitrogen and oxygen atoms in total. The summed E-state index contributed by atoms with van der Waals surface area (Å²) in [5, 5.41) is 9.28. The van der Waals surface area contributed by atoms with Crippen LogP contribution >= 0.6 is 39.1 Å². The fraction of sp³-hybridized carbons (Fsp3) is 0.0625. The SMILES string of the molecule is COc1cccc2oc(-c3nc4ccccc4c(=O)n3N=Cc3cc(Cl)cc(Br)c3OCC(=O)Nc3ccc(Cl)cc3)cc12. The molecule has 12 heteroatoms. The Labute approximate surface area is 268 Å². The number of ether oxygens (including phenoxy) is 2. The van der Waals surface area contributed by atoms with E-state index in [1.54, 1.807) is 79.9 Å². The Morgan fingerprint density at radius 3 is 2.61 bits per heavy atom. The fourth-order valence-electron chi connectivity index (χ4n) is 4.53. The highest BCUT2D eigenvalue weighted by molar-refractivity contribution is 9.10. The molecule has 44 heavy (non-hydrogen) atoms. The zero-order chi connectivity index (χ0) is 30.8. The van der Waals surface area contributed by atoms with Crippen molar-refractivity contribution in [2.24, 2.45) is 5.10 Å². The lowest BCUT2D eigenvalue weighted by molar-refractivity contribution is -0.118. The second-order valence-electron chi connectivity index (χ2n) is 9.45. The highest BCUT2D eigenvalue weighted by Gasteiger charge is 2.19. The van der Waals surface area contributed by atoms with Gasteiger partial charge in [0.2, 0.25) is 5.82 Å². The number of nitrogens with zero attached hydrogens (tertiary/aromatic N) is 3. The maximum atomic E-state index is 13.7. The molecule has 220 valence electrons. The number of anilines is 1. The molecule has 2 aromatic heterocycles. The highest BCUT2D eigenvalue weighted by Crippen LogP contribution is 2.34. The molecule has 0 radical (unpaired) electrons. The predicted octanol–water partition coefficient (Wildman–Crippen LogP) is 7.79. The summed E-state index contributed by atoms with van der Waals surface area (Å²) in [6.45, 7) is -0.312. The summed E-state index contributed by atoms with van der Waals surface area (Å²) in [6, 6.07) is 24.1. The number of benzene rings is 4. The number of nitrogens with one attached hydrogen (secondary N) is 1. The molecule has 1 amide bonds. The van der Waals surface area contributed by atoms with Gasteiger partial charge in [-0.2, -0.15) is 9.78 Å². The number of hydrogen-bond acceptors (Lipinski definition) is 7. The van der Waals surface area contributed by atoms with Gasteiger partial charge < -0.3 is 19.2 Å². The summed E-state index contributed by atoms with van der Waals surface area (Å²) in [5.74, 6) is 0.999. The van der Waals surface area contributed by atoms with Crippen molar-refractivity contribution in [3.8, 4) is 23.1 Å². The molecular weight excluding hydrogens is 671 g/mol. The number of hydrogen-bond donors (Lipinski definition) is 1. The molecular formula is C32H21BrCl2N4O5. The Morgan fingerprint density at radius 2 is 1.82 bits per heavy atom. The number of rotatable bonds is 8. The Balaban J connectivity index is 1.39. The van der Waals surface area contributed by atoms with Crippen LogP contribution in [0.15, 0.2) is 104 Å². The number of fused-ring (bicyclic) bond motifs is 2. The van der Waals surface area contributed by atoms with Crippen molar-refractivity contribution < 1.29 is 18.7 Å². The van der Waals surface area contributed by atoms with Crippen LogP contribution in [0.1, 0.15) is 5.56 Å². The van der Waals surface area contributed by atoms with Gasteiger partial charge in [-0.15, -0.1) is 0 Å². The van der Waals surface area contributed by atoms with Crippen LogP contribution in [0.5, 0.6) is 11.5 Å². The van der Waals surface area contributed by atoms with Gasteiger partial charge in [0, 0.05) is 21.3 Å². The third kappa shape index (κ3) is 6.05. The molecule has 0 aliphatic rings. The van der Waals surface area contributed by atoms with Crippen LogP contribution < -0.4 is 20.3 Å². The summed E-state index contributed by atoms with van der Waals surface area (Å²) in [6.07, 6.45) is 1.41. The quantitative estimate of drug-likeness (QED) is 0.163. The van der Waals surface area contributed by atoms with E-state index in [1.165, 1.54) is 6.21 Å². The number of amides is 1. The largest absolute Gasteiger partial charge is 0.496 e. The van der Waals surface area contributed by atoms with Crippen molar-refractivity contribution in [2.45, 2.75) is 0 Å². The first-order valence-electron chi connectivity index (χ1n) is 13.1. The van der Waals surface area contributed by atoms with E-state index in [1.807, 2.05) is 12.1 Å². The van der Waals surface area contributed by atoms with Crippen LogP contribution in [0.25, 0.3) is 33.5 Å². The summed E-state index contributed by atoms with van der Waals surface area (Å²) in [4.78, 5) is 31.1.